The number of esters is 2. The maximum atomic E-state index is 13.2. The van der Waals surface area contributed by atoms with Crippen LogP contribution in [0.4, 0.5) is 0 Å². The Labute approximate surface area is 196 Å². The van der Waals surface area contributed by atoms with E-state index in [0.29, 0.717) is 5.02 Å². The second-order valence-corrected chi connectivity index (χ2v) is 9.43. The topological polar surface area (TPSA) is 68.4 Å². The van der Waals surface area contributed by atoms with Crippen LogP contribution in [-0.4, -0.2) is 60.9 Å². The number of hydrogen-bond donors (Lipinski definition) is 0. The lowest BCUT2D eigenvalue weighted by atomic mass is 9.97. The summed E-state index contributed by atoms with van der Waals surface area (Å²) >= 11 is 12.0. The van der Waals surface area contributed by atoms with Gasteiger partial charge in [-0.1, -0.05) is 53.5 Å². The number of nitrogens with zero attached hydrogens (tertiary/aromatic N) is 1. The third kappa shape index (κ3) is 4.13. The first-order valence-corrected chi connectivity index (χ1v) is 11.4. The minimum absolute atomic E-state index is 0.144. The van der Waals surface area contributed by atoms with Crippen LogP contribution in [0, 0.1) is 0 Å². The first kappa shape index (κ1) is 21.7. The first-order valence-electron chi connectivity index (χ1n) is 10.7. The van der Waals surface area contributed by atoms with E-state index >= 15 is 0 Å². The molecule has 1 unspecified atom stereocenters. The van der Waals surface area contributed by atoms with E-state index in [4.69, 9.17) is 37.4 Å². The van der Waals surface area contributed by atoms with Gasteiger partial charge in [0.05, 0.1) is 10.6 Å². The van der Waals surface area contributed by atoms with Crippen LogP contribution in [-0.2, 0) is 19.0 Å². The molecule has 2 aromatic carbocycles. The van der Waals surface area contributed by atoms with Crippen LogP contribution in [0.5, 0.6) is 0 Å². The van der Waals surface area contributed by atoms with Crippen molar-refractivity contribution in [1.29, 1.82) is 0 Å². The lowest BCUT2D eigenvalue weighted by Gasteiger charge is -2.38. The molecule has 3 aliphatic rings. The first-order chi connectivity index (χ1) is 15.4. The van der Waals surface area contributed by atoms with Crippen molar-refractivity contribution in [3.8, 4) is 0 Å². The van der Waals surface area contributed by atoms with Crippen molar-refractivity contribution in [3.63, 3.8) is 0 Å². The van der Waals surface area contributed by atoms with Crippen molar-refractivity contribution >= 4 is 35.1 Å². The van der Waals surface area contributed by atoms with Crippen LogP contribution in [0.15, 0.2) is 48.5 Å². The number of morpholine rings is 1. The van der Waals surface area contributed by atoms with Crippen molar-refractivity contribution in [1.82, 2.24) is 4.90 Å². The number of halogens is 2. The maximum absolute atomic E-state index is 13.2. The summed E-state index contributed by atoms with van der Waals surface area (Å²) in [5.74, 6) is -1.74. The van der Waals surface area contributed by atoms with Gasteiger partial charge in [0.25, 0.3) is 0 Å². The number of carbonyl (C=O) groups is 2. The summed E-state index contributed by atoms with van der Waals surface area (Å²) in [6.45, 7) is -0.144. The third-order valence-corrected chi connectivity index (χ3v) is 7.22. The highest BCUT2D eigenvalue weighted by atomic mass is 35.5. The van der Waals surface area contributed by atoms with Crippen molar-refractivity contribution < 1.29 is 23.8 Å². The van der Waals surface area contributed by atoms with E-state index in [9.17, 15) is 9.59 Å². The average molecular weight is 476 g/mol. The molecule has 32 heavy (non-hydrogen) atoms. The van der Waals surface area contributed by atoms with E-state index < -0.39 is 17.9 Å². The molecule has 0 aliphatic carbocycles. The zero-order valence-corrected chi connectivity index (χ0v) is 19.0. The smallest absolute Gasteiger partial charge is 0.339 e. The summed E-state index contributed by atoms with van der Waals surface area (Å²) in [5.41, 5.74) is 0.928. The Morgan fingerprint density at radius 3 is 2.44 bits per heavy atom. The molecule has 2 bridgehead atoms. The lowest BCUT2D eigenvalue weighted by molar-refractivity contribution is -0.156. The zero-order valence-electron chi connectivity index (χ0n) is 17.4. The summed E-state index contributed by atoms with van der Waals surface area (Å²) < 4.78 is 17.1. The fourth-order valence-corrected chi connectivity index (χ4v) is 5.41. The Balaban J connectivity index is 1.27. The molecule has 0 radical (unpaired) electrons. The highest BCUT2D eigenvalue weighted by Gasteiger charge is 2.62. The normalized spacial score (nSPS) is 29.2. The van der Waals surface area contributed by atoms with E-state index in [1.165, 1.54) is 12.1 Å². The van der Waals surface area contributed by atoms with Crippen LogP contribution in [0.25, 0.3) is 0 Å². The molecule has 3 heterocycles. The number of carbonyl (C=O) groups excluding carboxylic acids is 2. The van der Waals surface area contributed by atoms with Crippen LogP contribution >= 0.6 is 23.2 Å². The number of epoxide rings is 1. The number of benzene rings is 2. The minimum Gasteiger partial charge on any atom is -0.462 e. The Morgan fingerprint density at radius 2 is 1.78 bits per heavy atom. The fourth-order valence-electron chi connectivity index (χ4n) is 4.92. The largest absolute Gasteiger partial charge is 0.462 e. The Hall–Kier alpha value is -2.12. The molecule has 0 amide bonds. The number of likely N-dealkylation sites (N-methyl/N-ethyl adjacent to an activating group) is 1. The average Bonchev–Trinajstić information content (AvgIpc) is 3.53. The van der Waals surface area contributed by atoms with Gasteiger partial charge in [-0.25, -0.2) is 4.79 Å². The molecule has 3 aliphatic heterocycles. The quantitative estimate of drug-likeness (QED) is 0.462. The molecule has 0 spiro atoms. The standard InChI is InChI=1S/C24H23Cl2NO5/c1-27-19-10-15(11-20(27)22-21(19)32-22)31-24(29)17(13-5-3-2-4-6-13)12-30-23(28)16-8-7-14(25)9-18(16)26/h2-9,15,17,19-22H,10-12H2,1H3/t15?,17-,19-,20+,21-,22+/m1/s1. The van der Waals surface area contributed by atoms with Gasteiger partial charge in [-0.05, 0) is 30.8 Å². The Kier molecular flexibility index (Phi) is 5.88. The van der Waals surface area contributed by atoms with Crippen molar-refractivity contribution in [2.24, 2.45) is 0 Å². The molecule has 6 nitrogen and oxygen atoms in total. The molecule has 3 fully saturated rings. The summed E-state index contributed by atoms with van der Waals surface area (Å²) in [6, 6.07) is 14.3. The molecule has 8 heteroatoms. The van der Waals surface area contributed by atoms with Gasteiger partial charge in [0.2, 0.25) is 0 Å². The molecule has 168 valence electrons. The molecular formula is C24H23Cl2NO5. The molecular weight excluding hydrogens is 453 g/mol. The summed E-state index contributed by atoms with van der Waals surface area (Å²) in [7, 11) is 2.11. The number of rotatable bonds is 6. The Bertz CT molecular complexity index is 1010. The zero-order chi connectivity index (χ0) is 22.4. The van der Waals surface area contributed by atoms with Gasteiger partial charge in [-0.2, -0.15) is 0 Å². The van der Waals surface area contributed by atoms with Crippen molar-refractivity contribution in [2.75, 3.05) is 13.7 Å². The lowest BCUT2D eigenvalue weighted by Crippen LogP contribution is -2.48. The number of piperidine rings is 1. The van der Waals surface area contributed by atoms with Gasteiger partial charge in [0, 0.05) is 29.9 Å². The molecule has 0 saturated carbocycles. The second-order valence-electron chi connectivity index (χ2n) is 8.58. The highest BCUT2D eigenvalue weighted by Crippen LogP contribution is 2.48. The van der Waals surface area contributed by atoms with Gasteiger partial charge < -0.3 is 14.2 Å². The number of ether oxygens (including phenoxy) is 3. The molecule has 0 aromatic heterocycles. The molecule has 6 atom stereocenters. The van der Waals surface area contributed by atoms with Crippen LogP contribution in [0.2, 0.25) is 10.0 Å². The van der Waals surface area contributed by atoms with E-state index in [2.05, 4.69) is 11.9 Å². The van der Waals surface area contributed by atoms with Crippen LogP contribution in [0.1, 0.15) is 34.7 Å². The van der Waals surface area contributed by atoms with Crippen LogP contribution in [0.3, 0.4) is 0 Å². The summed E-state index contributed by atoms with van der Waals surface area (Å²) in [6.07, 6.45) is 1.87. The number of hydrogen-bond acceptors (Lipinski definition) is 6. The molecule has 3 saturated heterocycles. The number of fused-ring (bicyclic) bond motifs is 5. The van der Waals surface area contributed by atoms with Gasteiger partial charge in [-0.15, -0.1) is 0 Å². The van der Waals surface area contributed by atoms with E-state index in [1.807, 2.05) is 30.3 Å². The molecule has 0 N–H and O–H groups in total. The predicted molar refractivity (Wildman–Crippen MR) is 119 cm³/mol. The van der Waals surface area contributed by atoms with E-state index in [-0.39, 0.29) is 47.6 Å². The van der Waals surface area contributed by atoms with E-state index in [1.54, 1.807) is 6.07 Å². The highest BCUT2D eigenvalue weighted by molar-refractivity contribution is 6.36. The van der Waals surface area contributed by atoms with Gasteiger partial charge in [-0.3, -0.25) is 9.69 Å². The summed E-state index contributed by atoms with van der Waals surface area (Å²) in [4.78, 5) is 28.1. The van der Waals surface area contributed by atoms with Crippen molar-refractivity contribution in [3.05, 3.63) is 69.7 Å². The van der Waals surface area contributed by atoms with Gasteiger partial charge in [0.15, 0.2) is 0 Å². The minimum atomic E-state index is -0.727. The predicted octanol–water partition coefficient (Wildman–Crippen LogP) is 4.09. The van der Waals surface area contributed by atoms with Crippen molar-refractivity contribution in [2.45, 2.75) is 49.2 Å². The van der Waals surface area contributed by atoms with Crippen LogP contribution < -0.4 is 0 Å². The second kappa shape index (κ2) is 8.67. The molecule has 5 rings (SSSR count). The van der Waals surface area contributed by atoms with Gasteiger partial charge in [0.1, 0.15) is 30.8 Å². The fraction of sp³-hybridized carbons (Fsp3) is 0.417. The third-order valence-electron chi connectivity index (χ3n) is 6.68. The Morgan fingerprint density at radius 1 is 1.09 bits per heavy atom. The van der Waals surface area contributed by atoms with Gasteiger partial charge >= 0.3 is 11.9 Å². The maximum Gasteiger partial charge on any atom is 0.339 e. The molecule has 2 aromatic rings. The monoisotopic (exact) mass is 475 g/mol. The summed E-state index contributed by atoms with van der Waals surface area (Å²) in [5, 5.41) is 0.622. The SMILES string of the molecule is CN1[C@@H]2CC(OC(=O)[C@H](COC(=O)c3ccc(Cl)cc3Cl)c3ccccc3)C[C@H]1[C@@H]1O[C@@H]12. The van der Waals surface area contributed by atoms with E-state index in [0.717, 1.165) is 18.4 Å².